The molecule has 1 atom stereocenters. The van der Waals surface area contributed by atoms with Crippen molar-refractivity contribution in [1.82, 2.24) is 0 Å². The van der Waals surface area contributed by atoms with Crippen LogP contribution in [0.5, 0.6) is 0 Å². The molecule has 0 radical (unpaired) electrons. The molecule has 5 heteroatoms. The van der Waals surface area contributed by atoms with Crippen molar-refractivity contribution < 1.29 is 19.4 Å². The molecule has 0 saturated heterocycles. The van der Waals surface area contributed by atoms with Crippen molar-refractivity contribution in [3.05, 3.63) is 105 Å². The molecule has 29 heavy (non-hydrogen) atoms. The molecule has 3 aromatic carbocycles. The maximum Gasteiger partial charge on any atom is 0.314 e. The lowest BCUT2D eigenvalue weighted by Crippen LogP contribution is -2.17. The molecule has 0 fully saturated rings. The number of ether oxygens (including phenoxy) is 1. The average Bonchev–Trinajstić information content (AvgIpc) is 2.73. The molecule has 3 aromatic rings. The summed E-state index contributed by atoms with van der Waals surface area (Å²) < 4.78 is 6.70. The fraction of sp³-hybridized carbons (Fsp3) is 0.167. The van der Waals surface area contributed by atoms with E-state index in [-0.39, 0.29) is 18.6 Å². The first kappa shape index (κ1) is 21.2. The van der Waals surface area contributed by atoms with E-state index in [9.17, 15) is 14.7 Å². The van der Waals surface area contributed by atoms with Crippen LogP contribution in [-0.2, 0) is 14.3 Å². The number of aliphatic hydroxyl groups is 1. The Bertz CT molecular complexity index is 900. The van der Waals surface area contributed by atoms with Crippen molar-refractivity contribution >= 4 is 34.3 Å². The van der Waals surface area contributed by atoms with Gasteiger partial charge in [-0.2, -0.15) is 0 Å². The predicted octanol–water partition coefficient (Wildman–Crippen LogP) is 5.01. The molecule has 148 valence electrons. The number of carbonyl (C=O) groups excluding carboxylic acids is 2. The van der Waals surface area contributed by atoms with Gasteiger partial charge in [-0.25, -0.2) is 0 Å². The summed E-state index contributed by atoms with van der Waals surface area (Å²) in [6, 6.07) is 26.1. The van der Waals surface area contributed by atoms with Gasteiger partial charge in [-0.05, 0) is 51.4 Å². The Morgan fingerprint density at radius 2 is 1.31 bits per heavy atom. The lowest BCUT2D eigenvalue weighted by atomic mass is 10.0. The summed E-state index contributed by atoms with van der Waals surface area (Å²) >= 11 is 2.17. The third-order valence-electron chi connectivity index (χ3n) is 4.47. The van der Waals surface area contributed by atoms with Gasteiger partial charge < -0.3 is 9.84 Å². The normalized spacial score (nSPS) is 11.8. The zero-order valence-electron chi connectivity index (χ0n) is 15.7. The number of halogens is 1. The van der Waals surface area contributed by atoms with Crippen LogP contribution >= 0.6 is 22.6 Å². The van der Waals surface area contributed by atoms with Crippen molar-refractivity contribution in [2.75, 3.05) is 0 Å². The van der Waals surface area contributed by atoms with Crippen LogP contribution < -0.4 is 0 Å². The van der Waals surface area contributed by atoms with Crippen molar-refractivity contribution in [1.29, 1.82) is 0 Å². The van der Waals surface area contributed by atoms with Gasteiger partial charge in [0.1, 0.15) is 12.2 Å². The maximum absolute atomic E-state index is 12.4. The summed E-state index contributed by atoms with van der Waals surface area (Å²) in [6.07, 6.45) is -2.03. The Balaban J connectivity index is 1.64. The van der Waals surface area contributed by atoms with Gasteiger partial charge in [-0.15, -0.1) is 0 Å². The second-order valence-corrected chi connectivity index (χ2v) is 7.92. The third kappa shape index (κ3) is 6.24. The van der Waals surface area contributed by atoms with E-state index < -0.39 is 18.2 Å². The van der Waals surface area contributed by atoms with E-state index in [1.54, 1.807) is 12.1 Å². The molecule has 0 heterocycles. The Kier molecular flexibility index (Phi) is 7.55. The van der Waals surface area contributed by atoms with Crippen LogP contribution in [-0.4, -0.2) is 16.9 Å². The highest BCUT2D eigenvalue weighted by Gasteiger charge is 2.22. The van der Waals surface area contributed by atoms with E-state index >= 15 is 0 Å². The standard InChI is InChI=1S/C24H21IO4/c25-20-13-11-17(12-14-20)22(27)15-21(26)16-23(28)29-24(18-7-3-1-4-8-18)19-9-5-2-6-10-19/h1-14,22,24,27H,15-16H2/t22-/m1/s1. The highest BCUT2D eigenvalue weighted by Crippen LogP contribution is 2.27. The van der Waals surface area contributed by atoms with Crippen LogP contribution in [0.2, 0.25) is 0 Å². The smallest absolute Gasteiger partial charge is 0.314 e. The van der Waals surface area contributed by atoms with Crippen LogP contribution in [0.4, 0.5) is 0 Å². The molecule has 0 aromatic heterocycles. The molecular formula is C24H21IO4. The van der Waals surface area contributed by atoms with Crippen LogP contribution in [0.1, 0.15) is 41.7 Å². The number of Topliss-reactive ketones (excluding diaryl/α,β-unsaturated/α-hetero) is 1. The van der Waals surface area contributed by atoms with E-state index in [2.05, 4.69) is 22.6 Å². The summed E-state index contributed by atoms with van der Waals surface area (Å²) in [5.41, 5.74) is 2.32. The number of ketones is 1. The molecule has 0 amide bonds. The minimum atomic E-state index is -0.939. The molecule has 0 aliphatic rings. The van der Waals surface area contributed by atoms with Crippen LogP contribution in [0.3, 0.4) is 0 Å². The zero-order valence-corrected chi connectivity index (χ0v) is 17.9. The molecule has 0 bridgehead atoms. The monoisotopic (exact) mass is 500 g/mol. The van der Waals surface area contributed by atoms with E-state index in [4.69, 9.17) is 4.74 Å². The molecule has 0 aliphatic carbocycles. The molecular weight excluding hydrogens is 479 g/mol. The number of carbonyl (C=O) groups is 2. The van der Waals surface area contributed by atoms with Crippen LogP contribution in [0.25, 0.3) is 0 Å². The Morgan fingerprint density at radius 3 is 1.83 bits per heavy atom. The van der Waals surface area contributed by atoms with Gasteiger partial charge in [-0.1, -0.05) is 72.8 Å². The third-order valence-corrected chi connectivity index (χ3v) is 5.19. The predicted molar refractivity (Wildman–Crippen MR) is 119 cm³/mol. The van der Waals surface area contributed by atoms with Gasteiger partial charge in [0.05, 0.1) is 6.10 Å². The highest BCUT2D eigenvalue weighted by molar-refractivity contribution is 14.1. The number of esters is 1. The van der Waals surface area contributed by atoms with E-state index in [0.717, 1.165) is 14.7 Å². The second-order valence-electron chi connectivity index (χ2n) is 6.68. The number of aliphatic hydroxyl groups excluding tert-OH is 1. The van der Waals surface area contributed by atoms with E-state index in [0.29, 0.717) is 5.56 Å². The lowest BCUT2D eigenvalue weighted by Gasteiger charge is -2.19. The Hall–Kier alpha value is -2.51. The molecule has 1 N–H and O–H groups in total. The molecule has 4 nitrogen and oxygen atoms in total. The van der Waals surface area contributed by atoms with Crippen molar-refractivity contribution in [2.45, 2.75) is 25.0 Å². The van der Waals surface area contributed by atoms with Gasteiger partial charge in [0.15, 0.2) is 6.10 Å². The summed E-state index contributed by atoms with van der Waals surface area (Å²) in [5.74, 6) is -0.969. The number of hydrogen-bond acceptors (Lipinski definition) is 4. The fourth-order valence-electron chi connectivity index (χ4n) is 3.01. The van der Waals surface area contributed by atoms with Crippen LogP contribution in [0, 0.1) is 3.57 Å². The van der Waals surface area contributed by atoms with Crippen molar-refractivity contribution in [2.24, 2.45) is 0 Å². The maximum atomic E-state index is 12.4. The Labute approximate surface area is 183 Å². The zero-order chi connectivity index (χ0) is 20.6. The number of hydrogen-bond donors (Lipinski definition) is 1. The molecule has 3 rings (SSSR count). The molecule has 0 aliphatic heterocycles. The second kappa shape index (κ2) is 10.3. The molecule has 0 saturated carbocycles. The minimum Gasteiger partial charge on any atom is -0.452 e. The van der Waals surface area contributed by atoms with Gasteiger partial charge in [-0.3, -0.25) is 9.59 Å². The van der Waals surface area contributed by atoms with Crippen LogP contribution in [0.15, 0.2) is 84.9 Å². The quantitative estimate of drug-likeness (QED) is 0.269. The van der Waals surface area contributed by atoms with Gasteiger partial charge in [0.2, 0.25) is 0 Å². The topological polar surface area (TPSA) is 63.6 Å². The first-order valence-electron chi connectivity index (χ1n) is 9.27. The summed E-state index contributed by atoms with van der Waals surface area (Å²) in [4.78, 5) is 24.7. The van der Waals surface area contributed by atoms with Crippen molar-refractivity contribution in [3.63, 3.8) is 0 Å². The largest absolute Gasteiger partial charge is 0.452 e. The SMILES string of the molecule is O=C(CC(=O)OC(c1ccccc1)c1ccccc1)C[C@@H](O)c1ccc(I)cc1. The molecule has 0 unspecified atom stereocenters. The first-order chi connectivity index (χ1) is 14.0. The van der Waals surface area contributed by atoms with E-state index in [1.807, 2.05) is 72.8 Å². The first-order valence-corrected chi connectivity index (χ1v) is 10.4. The van der Waals surface area contributed by atoms with Gasteiger partial charge >= 0.3 is 5.97 Å². The highest BCUT2D eigenvalue weighted by atomic mass is 127. The number of rotatable bonds is 8. The van der Waals surface area contributed by atoms with Gasteiger partial charge in [0.25, 0.3) is 0 Å². The molecule has 0 spiro atoms. The number of benzene rings is 3. The fourth-order valence-corrected chi connectivity index (χ4v) is 3.37. The summed E-state index contributed by atoms with van der Waals surface area (Å²) in [6.45, 7) is 0. The minimum absolute atomic E-state index is 0.128. The van der Waals surface area contributed by atoms with E-state index in [1.165, 1.54) is 0 Å². The average molecular weight is 500 g/mol. The lowest BCUT2D eigenvalue weighted by molar-refractivity contribution is -0.149. The summed E-state index contributed by atoms with van der Waals surface area (Å²) in [7, 11) is 0. The Morgan fingerprint density at radius 1 is 0.793 bits per heavy atom. The summed E-state index contributed by atoms with van der Waals surface area (Å²) in [5, 5.41) is 10.3. The van der Waals surface area contributed by atoms with Gasteiger partial charge in [0, 0.05) is 9.99 Å². The van der Waals surface area contributed by atoms with Crippen molar-refractivity contribution in [3.8, 4) is 0 Å².